The molecule has 23 heavy (non-hydrogen) atoms. The monoisotopic (exact) mass is 325 g/mol. The predicted molar refractivity (Wildman–Crippen MR) is 79.8 cm³/mol. The van der Waals surface area contributed by atoms with Gasteiger partial charge in [0.25, 0.3) is 0 Å². The average Bonchev–Trinajstić information content (AvgIpc) is 2.53. The fourth-order valence-corrected chi connectivity index (χ4v) is 2.04. The first-order valence-electron chi connectivity index (χ1n) is 7.05. The van der Waals surface area contributed by atoms with E-state index in [9.17, 15) is 18.8 Å². The zero-order valence-corrected chi connectivity index (χ0v) is 13.3. The second-order valence-electron chi connectivity index (χ2n) is 5.13. The Kier molecular flexibility index (Phi) is 7.18. The number of benzene rings is 1. The average molecular weight is 325 g/mol. The Bertz CT molecular complexity index is 558. The Morgan fingerprint density at radius 3 is 2.26 bits per heavy atom. The fraction of sp³-hybridized carbons (Fsp3) is 0.438. The number of hydrogen-bond acceptors (Lipinski definition) is 5. The van der Waals surface area contributed by atoms with Gasteiger partial charge in [0, 0.05) is 0 Å². The first-order chi connectivity index (χ1) is 10.9. The molecule has 1 aromatic rings. The van der Waals surface area contributed by atoms with Crippen LogP contribution in [0.4, 0.5) is 4.39 Å². The molecule has 0 aromatic heterocycles. The summed E-state index contributed by atoms with van der Waals surface area (Å²) in [4.78, 5) is 35.2. The normalized spacial score (nSPS) is 12.9. The van der Waals surface area contributed by atoms with Crippen molar-refractivity contribution in [1.82, 2.24) is 5.32 Å². The molecule has 0 saturated carbocycles. The molecule has 0 spiro atoms. The van der Waals surface area contributed by atoms with Gasteiger partial charge in [-0.15, -0.1) is 0 Å². The number of nitrogens with one attached hydrogen (secondary N) is 1. The standard InChI is InChI=1S/C16H20FNO5/c1-10(8-14(20)22-2)15(16(21)23-3)18-13(19)9-11-4-6-12(17)7-5-11/h4-7,10,15H,8-9H2,1-3H3,(H,18,19)/t10-,15+/m1/s1. The summed E-state index contributed by atoms with van der Waals surface area (Å²) in [5.74, 6) is -2.45. The van der Waals surface area contributed by atoms with Crippen LogP contribution in [0.5, 0.6) is 0 Å². The fourth-order valence-electron chi connectivity index (χ4n) is 2.04. The molecule has 0 saturated heterocycles. The molecule has 0 aliphatic heterocycles. The summed E-state index contributed by atoms with van der Waals surface area (Å²) in [7, 11) is 2.45. The van der Waals surface area contributed by atoms with Gasteiger partial charge in [0.15, 0.2) is 0 Å². The lowest BCUT2D eigenvalue weighted by Gasteiger charge is -2.22. The summed E-state index contributed by atoms with van der Waals surface area (Å²) in [6.45, 7) is 1.64. The number of esters is 2. The molecule has 6 nitrogen and oxygen atoms in total. The van der Waals surface area contributed by atoms with Crippen molar-refractivity contribution in [3.05, 3.63) is 35.6 Å². The van der Waals surface area contributed by atoms with Gasteiger partial charge in [0.2, 0.25) is 5.91 Å². The molecule has 126 valence electrons. The number of ether oxygens (including phenoxy) is 2. The molecular weight excluding hydrogens is 305 g/mol. The minimum absolute atomic E-state index is 0.0152. The van der Waals surface area contributed by atoms with E-state index in [1.165, 1.54) is 38.5 Å². The van der Waals surface area contributed by atoms with E-state index >= 15 is 0 Å². The van der Waals surface area contributed by atoms with Crippen molar-refractivity contribution in [2.75, 3.05) is 14.2 Å². The molecule has 7 heteroatoms. The number of rotatable bonds is 7. The van der Waals surface area contributed by atoms with E-state index in [-0.39, 0.29) is 12.8 Å². The molecule has 0 bridgehead atoms. The van der Waals surface area contributed by atoms with Gasteiger partial charge in [0.1, 0.15) is 11.9 Å². The predicted octanol–water partition coefficient (Wildman–Crippen LogP) is 1.23. The Labute approximate surface area is 134 Å². The third-order valence-electron chi connectivity index (χ3n) is 3.33. The van der Waals surface area contributed by atoms with Gasteiger partial charge in [-0.05, 0) is 23.6 Å². The SMILES string of the molecule is COC(=O)C[C@@H](C)[C@H](NC(=O)Cc1ccc(F)cc1)C(=O)OC. The lowest BCUT2D eigenvalue weighted by molar-refractivity contribution is -0.148. The van der Waals surface area contributed by atoms with Gasteiger partial charge in [-0.1, -0.05) is 19.1 Å². The highest BCUT2D eigenvalue weighted by molar-refractivity contribution is 5.86. The zero-order valence-electron chi connectivity index (χ0n) is 13.3. The van der Waals surface area contributed by atoms with Crippen molar-refractivity contribution >= 4 is 17.8 Å². The smallest absolute Gasteiger partial charge is 0.328 e. The largest absolute Gasteiger partial charge is 0.469 e. The maximum Gasteiger partial charge on any atom is 0.328 e. The van der Waals surface area contributed by atoms with E-state index in [0.29, 0.717) is 5.56 Å². The Hall–Kier alpha value is -2.44. The maximum atomic E-state index is 12.8. The van der Waals surface area contributed by atoms with E-state index in [0.717, 1.165) is 0 Å². The van der Waals surface area contributed by atoms with E-state index in [1.807, 2.05) is 0 Å². The van der Waals surface area contributed by atoms with Gasteiger partial charge in [-0.3, -0.25) is 9.59 Å². The van der Waals surface area contributed by atoms with Crippen LogP contribution < -0.4 is 5.32 Å². The van der Waals surface area contributed by atoms with Crippen molar-refractivity contribution in [1.29, 1.82) is 0 Å². The first-order valence-corrected chi connectivity index (χ1v) is 7.05. The number of halogens is 1. The molecule has 1 aromatic carbocycles. The summed E-state index contributed by atoms with van der Waals surface area (Å²) >= 11 is 0. The summed E-state index contributed by atoms with van der Waals surface area (Å²) in [6.07, 6.45) is -0.0498. The molecule has 1 rings (SSSR count). The summed E-state index contributed by atoms with van der Waals surface area (Å²) in [5, 5.41) is 2.55. The van der Waals surface area contributed by atoms with Crippen LogP contribution in [0, 0.1) is 11.7 Å². The summed E-state index contributed by atoms with van der Waals surface area (Å²) in [5.41, 5.74) is 0.605. The van der Waals surface area contributed by atoms with Crippen molar-refractivity contribution in [3.63, 3.8) is 0 Å². The molecule has 1 N–H and O–H groups in total. The minimum atomic E-state index is -0.966. The molecular formula is C16H20FNO5. The highest BCUT2D eigenvalue weighted by Gasteiger charge is 2.29. The number of carbonyl (C=O) groups excluding carboxylic acids is 3. The number of amides is 1. The van der Waals surface area contributed by atoms with Crippen LogP contribution in [-0.2, 0) is 30.3 Å². The summed E-state index contributed by atoms with van der Waals surface area (Å²) in [6, 6.07) is 4.51. The summed E-state index contributed by atoms with van der Waals surface area (Å²) < 4.78 is 22.1. The van der Waals surface area contributed by atoms with Gasteiger partial charge >= 0.3 is 11.9 Å². The van der Waals surface area contributed by atoms with Gasteiger partial charge in [-0.25, -0.2) is 9.18 Å². The number of hydrogen-bond donors (Lipinski definition) is 1. The third kappa shape index (κ3) is 6.06. The van der Waals surface area contributed by atoms with Gasteiger partial charge < -0.3 is 14.8 Å². The molecule has 0 aliphatic carbocycles. The Morgan fingerprint density at radius 2 is 1.74 bits per heavy atom. The van der Waals surface area contributed by atoms with Gasteiger partial charge in [0.05, 0.1) is 27.1 Å². The second kappa shape index (κ2) is 8.87. The maximum absolute atomic E-state index is 12.8. The highest BCUT2D eigenvalue weighted by atomic mass is 19.1. The quantitative estimate of drug-likeness (QED) is 0.763. The van der Waals surface area contributed by atoms with E-state index in [4.69, 9.17) is 0 Å². The third-order valence-corrected chi connectivity index (χ3v) is 3.33. The van der Waals surface area contributed by atoms with E-state index < -0.39 is 35.6 Å². The van der Waals surface area contributed by atoms with E-state index in [1.54, 1.807) is 6.92 Å². The number of carbonyl (C=O) groups is 3. The lowest BCUT2D eigenvalue weighted by Crippen LogP contribution is -2.46. The highest BCUT2D eigenvalue weighted by Crippen LogP contribution is 2.12. The minimum Gasteiger partial charge on any atom is -0.469 e. The molecule has 0 unspecified atom stereocenters. The van der Waals surface area contributed by atoms with Crippen molar-refractivity contribution < 1.29 is 28.2 Å². The van der Waals surface area contributed by atoms with Crippen LogP contribution >= 0.6 is 0 Å². The molecule has 0 heterocycles. The Morgan fingerprint density at radius 1 is 1.13 bits per heavy atom. The molecule has 0 radical (unpaired) electrons. The Balaban J connectivity index is 2.72. The van der Waals surface area contributed by atoms with Crippen LogP contribution in [0.2, 0.25) is 0 Å². The van der Waals surface area contributed by atoms with Crippen LogP contribution in [-0.4, -0.2) is 38.1 Å². The van der Waals surface area contributed by atoms with Crippen molar-refractivity contribution in [3.8, 4) is 0 Å². The second-order valence-corrected chi connectivity index (χ2v) is 5.13. The van der Waals surface area contributed by atoms with E-state index in [2.05, 4.69) is 14.8 Å². The molecule has 0 aliphatic rings. The van der Waals surface area contributed by atoms with Crippen molar-refractivity contribution in [2.24, 2.45) is 5.92 Å². The first kappa shape index (κ1) is 18.6. The molecule has 0 fully saturated rings. The van der Waals surface area contributed by atoms with Crippen LogP contribution in [0.1, 0.15) is 18.9 Å². The zero-order chi connectivity index (χ0) is 17.4. The topological polar surface area (TPSA) is 81.7 Å². The van der Waals surface area contributed by atoms with Crippen LogP contribution in [0.25, 0.3) is 0 Å². The van der Waals surface area contributed by atoms with Gasteiger partial charge in [-0.2, -0.15) is 0 Å². The number of methoxy groups -OCH3 is 2. The molecule has 1 amide bonds. The van der Waals surface area contributed by atoms with Crippen molar-refractivity contribution in [2.45, 2.75) is 25.8 Å². The lowest BCUT2D eigenvalue weighted by atomic mass is 9.98. The van der Waals surface area contributed by atoms with Crippen LogP contribution in [0.15, 0.2) is 24.3 Å². The van der Waals surface area contributed by atoms with Crippen LogP contribution in [0.3, 0.4) is 0 Å². The molecule has 2 atom stereocenters.